The van der Waals surface area contributed by atoms with Crippen molar-refractivity contribution in [1.29, 1.82) is 0 Å². The van der Waals surface area contributed by atoms with Gasteiger partial charge in [0.25, 0.3) is 5.91 Å². The predicted molar refractivity (Wildman–Crippen MR) is 161 cm³/mol. The van der Waals surface area contributed by atoms with Crippen molar-refractivity contribution in [2.75, 3.05) is 32.8 Å². The van der Waals surface area contributed by atoms with Crippen LogP contribution in [0.2, 0.25) is 0 Å². The van der Waals surface area contributed by atoms with E-state index < -0.39 is 23.5 Å². The van der Waals surface area contributed by atoms with Gasteiger partial charge in [-0.25, -0.2) is 9.37 Å². The fourth-order valence-corrected chi connectivity index (χ4v) is 5.43. The van der Waals surface area contributed by atoms with Gasteiger partial charge in [0.1, 0.15) is 22.9 Å². The summed E-state index contributed by atoms with van der Waals surface area (Å²) in [4.78, 5) is 18.0. The first-order valence-electron chi connectivity index (χ1n) is 15.4. The molecule has 2 aliphatic carbocycles. The fourth-order valence-electron chi connectivity index (χ4n) is 5.43. The lowest BCUT2D eigenvalue weighted by Crippen LogP contribution is -2.40. The zero-order valence-corrected chi connectivity index (χ0v) is 25.4. The average molecular weight is 626 g/mol. The Morgan fingerprint density at radius 1 is 1.11 bits per heavy atom. The highest BCUT2D eigenvalue weighted by Crippen LogP contribution is 2.45. The number of aliphatic hydroxyl groups is 1. The minimum absolute atomic E-state index is 0.0559. The predicted octanol–water partition coefficient (Wildman–Crippen LogP) is 5.57. The number of hydrogen-bond acceptors (Lipinski definition) is 7. The molecule has 0 spiro atoms. The molecule has 3 aromatic rings. The van der Waals surface area contributed by atoms with Gasteiger partial charge in [-0.15, -0.1) is 0 Å². The van der Waals surface area contributed by atoms with Crippen molar-refractivity contribution < 1.29 is 37.3 Å². The van der Waals surface area contributed by atoms with Gasteiger partial charge in [0, 0.05) is 28.7 Å². The van der Waals surface area contributed by atoms with Gasteiger partial charge in [0.05, 0.1) is 25.5 Å². The molecule has 2 atom stereocenters. The zero-order valence-electron chi connectivity index (χ0n) is 25.4. The van der Waals surface area contributed by atoms with Gasteiger partial charge in [-0.05, 0) is 99.5 Å². The van der Waals surface area contributed by atoms with Crippen molar-refractivity contribution >= 4 is 5.91 Å². The third-order valence-electron chi connectivity index (χ3n) is 8.66. The van der Waals surface area contributed by atoms with Crippen molar-refractivity contribution in [3.8, 4) is 28.5 Å². The molecule has 3 N–H and O–H groups in total. The summed E-state index contributed by atoms with van der Waals surface area (Å²) in [6, 6.07) is 11.8. The van der Waals surface area contributed by atoms with Crippen molar-refractivity contribution in [2.45, 2.75) is 57.2 Å². The summed E-state index contributed by atoms with van der Waals surface area (Å²) in [5.74, 6) is 0.640. The van der Waals surface area contributed by atoms with Crippen molar-refractivity contribution in [3.63, 3.8) is 0 Å². The van der Waals surface area contributed by atoms with Gasteiger partial charge in [-0.3, -0.25) is 4.79 Å². The number of ether oxygens (including phenoxy) is 3. The van der Waals surface area contributed by atoms with E-state index in [1.54, 1.807) is 19.1 Å². The lowest BCUT2D eigenvalue weighted by molar-refractivity contribution is -0.0515. The number of rotatable bonds is 14. The molecule has 0 saturated heterocycles. The summed E-state index contributed by atoms with van der Waals surface area (Å²) in [5.41, 5.74) is 0.433. The topological polar surface area (TPSA) is 102 Å². The van der Waals surface area contributed by atoms with E-state index in [1.165, 1.54) is 43.2 Å². The third kappa shape index (κ3) is 7.36. The smallest absolute Gasteiger partial charge is 0.387 e. The van der Waals surface area contributed by atoms with Crippen LogP contribution in [0.25, 0.3) is 11.3 Å². The van der Waals surface area contributed by atoms with Crippen LogP contribution in [0.15, 0.2) is 48.5 Å². The summed E-state index contributed by atoms with van der Waals surface area (Å²) in [6.45, 7) is 2.76. The van der Waals surface area contributed by atoms with Crippen LogP contribution in [0, 0.1) is 17.7 Å². The number of aromatic nitrogens is 1. The van der Waals surface area contributed by atoms with E-state index in [2.05, 4.69) is 22.3 Å². The van der Waals surface area contributed by atoms with E-state index in [4.69, 9.17) is 14.5 Å². The number of hydrogen-bond donors (Lipinski definition) is 3. The van der Waals surface area contributed by atoms with Crippen LogP contribution in [-0.2, 0) is 11.0 Å². The molecule has 45 heavy (non-hydrogen) atoms. The van der Waals surface area contributed by atoms with Gasteiger partial charge in [-0.1, -0.05) is 6.92 Å². The zero-order chi connectivity index (χ0) is 31.8. The Morgan fingerprint density at radius 3 is 2.53 bits per heavy atom. The number of nitrogens with zero attached hydrogens (tertiary/aromatic N) is 1. The highest BCUT2D eigenvalue weighted by molar-refractivity contribution is 5.95. The normalized spacial score (nSPS) is 20.3. The van der Waals surface area contributed by atoms with Gasteiger partial charge in [0.2, 0.25) is 0 Å². The monoisotopic (exact) mass is 625 g/mol. The maximum absolute atomic E-state index is 13.8. The van der Waals surface area contributed by atoms with E-state index in [9.17, 15) is 23.1 Å². The minimum Gasteiger partial charge on any atom is -0.490 e. The Labute approximate surface area is 260 Å². The molecular weight excluding hydrogens is 587 g/mol. The van der Waals surface area contributed by atoms with E-state index in [0.717, 1.165) is 24.9 Å². The summed E-state index contributed by atoms with van der Waals surface area (Å²) >= 11 is 0. The van der Waals surface area contributed by atoms with Gasteiger partial charge >= 0.3 is 6.61 Å². The van der Waals surface area contributed by atoms with Gasteiger partial charge < -0.3 is 30.0 Å². The number of carbonyl (C=O) groups excluding carboxylic acids is 1. The average Bonchev–Trinajstić information content (AvgIpc) is 3.95. The summed E-state index contributed by atoms with van der Waals surface area (Å²) in [6.07, 6.45) is 4.47. The second kappa shape index (κ2) is 12.5. The Hall–Kier alpha value is -3.83. The first-order chi connectivity index (χ1) is 21.5. The molecule has 240 valence electrons. The largest absolute Gasteiger partial charge is 0.490 e. The number of amides is 1. The van der Waals surface area contributed by atoms with E-state index in [-0.39, 0.29) is 29.4 Å². The number of alkyl halides is 2. The number of fused-ring (bicyclic) bond motifs is 1. The second-order valence-electron chi connectivity index (χ2n) is 12.9. The van der Waals surface area contributed by atoms with Gasteiger partial charge in [-0.2, -0.15) is 8.78 Å². The van der Waals surface area contributed by atoms with Crippen LogP contribution < -0.4 is 24.8 Å². The Balaban J connectivity index is 1.24. The number of benzene rings is 2. The molecule has 3 aliphatic rings. The third-order valence-corrected chi connectivity index (χ3v) is 8.66. The molecule has 2 aromatic carbocycles. The molecule has 2 saturated carbocycles. The van der Waals surface area contributed by atoms with Crippen molar-refractivity contribution in [1.82, 2.24) is 15.6 Å². The highest BCUT2D eigenvalue weighted by Gasteiger charge is 2.41. The molecule has 1 amide bonds. The molecule has 1 aliphatic heterocycles. The molecule has 2 heterocycles. The van der Waals surface area contributed by atoms with E-state index in [1.807, 2.05) is 6.07 Å². The molecule has 6 rings (SSSR count). The van der Waals surface area contributed by atoms with Crippen molar-refractivity contribution in [3.05, 3.63) is 71.2 Å². The molecule has 2 fully saturated rings. The lowest BCUT2D eigenvalue weighted by atomic mass is 9.82. The maximum Gasteiger partial charge on any atom is 0.387 e. The van der Waals surface area contributed by atoms with Crippen LogP contribution in [0.3, 0.4) is 0 Å². The van der Waals surface area contributed by atoms with Crippen LogP contribution in [0.5, 0.6) is 17.2 Å². The molecular formula is C34H38F3N3O5. The quantitative estimate of drug-likeness (QED) is 0.216. The minimum atomic E-state index is -3.04. The first-order valence-corrected chi connectivity index (χ1v) is 15.4. The number of pyridine rings is 1. The molecule has 0 unspecified atom stereocenters. The van der Waals surface area contributed by atoms with E-state index >= 15 is 0 Å². The van der Waals surface area contributed by atoms with Crippen LogP contribution in [0.4, 0.5) is 13.2 Å². The number of halogens is 3. The standard InChI is InChI=1S/C34H38F3N3O5/c1-33(17-38-15-20-3-4-20)19-44-30-25(33)14-28(40-29(30)22-7-10-24(35)11-8-22)34(2,42)18-39-31(41)23-9-12-26(45-32(36)37)27(13-23)43-16-21-5-6-21/h7-14,20-21,32,38,42H,3-6,15-19H2,1-2H3,(H,39,41)/t33-,34-/m0/s1. The number of nitrogens with one attached hydrogen (secondary N) is 2. The van der Waals surface area contributed by atoms with Crippen LogP contribution in [0.1, 0.15) is 61.1 Å². The van der Waals surface area contributed by atoms with E-state index in [0.29, 0.717) is 54.3 Å². The second-order valence-corrected chi connectivity index (χ2v) is 12.9. The Kier molecular flexibility index (Phi) is 8.67. The summed E-state index contributed by atoms with van der Waals surface area (Å²) in [5, 5.41) is 18.0. The maximum atomic E-state index is 13.8. The van der Waals surface area contributed by atoms with Crippen LogP contribution >= 0.6 is 0 Å². The molecule has 11 heteroatoms. The summed E-state index contributed by atoms with van der Waals surface area (Å²) < 4.78 is 56.2. The molecule has 0 radical (unpaired) electrons. The SMILES string of the molecule is C[C@]1(CNCC2CC2)COc2c1cc([C@@](C)(O)CNC(=O)c1ccc(OC(F)F)c(OCC3CC3)c1)nc2-c1ccc(F)cc1. The Morgan fingerprint density at radius 2 is 1.84 bits per heavy atom. The molecule has 1 aromatic heterocycles. The van der Waals surface area contributed by atoms with Crippen LogP contribution in [-0.4, -0.2) is 55.5 Å². The van der Waals surface area contributed by atoms with Gasteiger partial charge in [0.15, 0.2) is 11.5 Å². The summed E-state index contributed by atoms with van der Waals surface area (Å²) in [7, 11) is 0. The molecule has 8 nitrogen and oxygen atoms in total. The number of carbonyl (C=O) groups is 1. The lowest BCUT2D eigenvalue weighted by Gasteiger charge is -2.27. The van der Waals surface area contributed by atoms with Crippen molar-refractivity contribution in [2.24, 2.45) is 11.8 Å². The first kappa shape index (κ1) is 31.2. The Bertz CT molecular complexity index is 1540. The molecule has 0 bridgehead atoms. The highest BCUT2D eigenvalue weighted by atomic mass is 19.3. The fraction of sp³-hybridized carbons (Fsp3) is 0.471.